The number of hydrogen-bond acceptors (Lipinski definition) is 3. The van der Waals surface area contributed by atoms with Crippen LogP contribution in [0.15, 0.2) is 18.2 Å². The summed E-state index contributed by atoms with van der Waals surface area (Å²) in [5, 5.41) is 8.76. The molecule has 3 N–H and O–H groups in total. The molecule has 1 atom stereocenters. The Kier molecular flexibility index (Phi) is 4.09. The van der Waals surface area contributed by atoms with Gasteiger partial charge in [-0.1, -0.05) is 6.07 Å². The Labute approximate surface area is 119 Å². The van der Waals surface area contributed by atoms with Crippen LogP contribution in [0.5, 0.6) is 0 Å². The normalized spacial score (nSPS) is 21.6. The number of benzene rings is 1. The minimum Gasteiger partial charge on any atom is -0.355 e. The van der Waals surface area contributed by atoms with E-state index in [2.05, 4.69) is 16.0 Å². The number of carbonyl (C=O) groups excluding carboxylic acids is 2. The molecule has 0 aliphatic carbocycles. The zero-order valence-electron chi connectivity index (χ0n) is 12.2. The summed E-state index contributed by atoms with van der Waals surface area (Å²) in [5.41, 5.74) is 1.53. The summed E-state index contributed by atoms with van der Waals surface area (Å²) in [6, 6.07) is 5.34. The summed E-state index contributed by atoms with van der Waals surface area (Å²) in [7, 11) is 1.59. The van der Waals surface area contributed by atoms with Crippen LogP contribution in [0.3, 0.4) is 0 Å². The fraction of sp³-hybridized carbons (Fsp3) is 0.467. The van der Waals surface area contributed by atoms with E-state index in [0.717, 1.165) is 24.9 Å². The Morgan fingerprint density at radius 3 is 2.70 bits per heavy atom. The molecule has 5 heteroatoms. The predicted octanol–water partition coefficient (Wildman–Crippen LogP) is 1.44. The van der Waals surface area contributed by atoms with Crippen LogP contribution in [0.25, 0.3) is 0 Å². The molecule has 0 saturated carbocycles. The third-order valence-electron chi connectivity index (χ3n) is 3.92. The smallest absolute Gasteiger partial charge is 0.251 e. The summed E-state index contributed by atoms with van der Waals surface area (Å²) in [4.78, 5) is 24.1. The lowest BCUT2D eigenvalue weighted by atomic mass is 9.98. The molecular weight excluding hydrogens is 254 g/mol. The van der Waals surface area contributed by atoms with Gasteiger partial charge in [-0.15, -0.1) is 0 Å². The Morgan fingerprint density at radius 1 is 1.35 bits per heavy atom. The molecule has 1 aromatic carbocycles. The van der Waals surface area contributed by atoms with Gasteiger partial charge in [-0.2, -0.15) is 0 Å². The van der Waals surface area contributed by atoms with E-state index >= 15 is 0 Å². The highest BCUT2D eigenvalue weighted by molar-refractivity contribution is 6.01. The second kappa shape index (κ2) is 5.63. The third kappa shape index (κ3) is 2.67. The number of rotatable bonds is 3. The molecule has 0 aromatic heterocycles. The Balaban J connectivity index is 2.22. The first-order valence-corrected chi connectivity index (χ1v) is 6.86. The minimum atomic E-state index is -0.518. The molecule has 2 amide bonds. The van der Waals surface area contributed by atoms with Gasteiger partial charge in [0.2, 0.25) is 5.91 Å². The molecule has 1 aromatic rings. The highest BCUT2D eigenvalue weighted by Gasteiger charge is 2.36. The third-order valence-corrected chi connectivity index (χ3v) is 3.92. The van der Waals surface area contributed by atoms with E-state index in [9.17, 15) is 9.59 Å². The van der Waals surface area contributed by atoms with Gasteiger partial charge >= 0.3 is 0 Å². The molecule has 1 aliphatic rings. The summed E-state index contributed by atoms with van der Waals surface area (Å²) in [6.45, 7) is 4.61. The van der Waals surface area contributed by atoms with Gasteiger partial charge < -0.3 is 16.0 Å². The molecule has 1 saturated heterocycles. The van der Waals surface area contributed by atoms with Crippen molar-refractivity contribution in [3.63, 3.8) is 0 Å². The highest BCUT2D eigenvalue weighted by atomic mass is 16.2. The Morgan fingerprint density at radius 2 is 2.10 bits per heavy atom. The molecule has 1 fully saturated rings. The molecule has 1 heterocycles. The van der Waals surface area contributed by atoms with Crippen LogP contribution in [0, 0.1) is 6.92 Å². The number of amides is 2. The van der Waals surface area contributed by atoms with E-state index in [1.807, 2.05) is 19.9 Å². The van der Waals surface area contributed by atoms with E-state index in [1.54, 1.807) is 19.2 Å². The van der Waals surface area contributed by atoms with Crippen LogP contribution in [-0.2, 0) is 4.79 Å². The first-order valence-electron chi connectivity index (χ1n) is 6.86. The van der Waals surface area contributed by atoms with Gasteiger partial charge in [0.05, 0.1) is 5.54 Å². The molecule has 0 bridgehead atoms. The molecule has 20 heavy (non-hydrogen) atoms. The van der Waals surface area contributed by atoms with Crippen LogP contribution < -0.4 is 16.0 Å². The van der Waals surface area contributed by atoms with Crippen molar-refractivity contribution in [2.75, 3.05) is 18.9 Å². The summed E-state index contributed by atoms with van der Waals surface area (Å²) in [6.07, 6.45) is 1.83. The molecule has 0 radical (unpaired) electrons. The second-order valence-corrected chi connectivity index (χ2v) is 5.37. The average Bonchev–Trinajstić information content (AvgIpc) is 2.88. The monoisotopic (exact) mass is 275 g/mol. The van der Waals surface area contributed by atoms with Crippen molar-refractivity contribution in [1.82, 2.24) is 10.6 Å². The van der Waals surface area contributed by atoms with Crippen molar-refractivity contribution in [2.24, 2.45) is 0 Å². The number of carbonyl (C=O) groups is 2. The van der Waals surface area contributed by atoms with E-state index in [4.69, 9.17) is 0 Å². The van der Waals surface area contributed by atoms with Crippen LogP contribution in [0.1, 0.15) is 35.7 Å². The maximum atomic E-state index is 12.4. The fourth-order valence-electron chi connectivity index (χ4n) is 2.50. The Hall–Kier alpha value is -1.88. The van der Waals surface area contributed by atoms with Crippen molar-refractivity contribution in [3.05, 3.63) is 29.3 Å². The van der Waals surface area contributed by atoms with Gasteiger partial charge in [0.1, 0.15) is 0 Å². The molecule has 0 spiro atoms. The lowest BCUT2D eigenvalue weighted by Gasteiger charge is -2.24. The molecule has 2 rings (SSSR count). The topological polar surface area (TPSA) is 70.2 Å². The maximum Gasteiger partial charge on any atom is 0.251 e. The van der Waals surface area contributed by atoms with E-state index in [-0.39, 0.29) is 11.8 Å². The van der Waals surface area contributed by atoms with Gasteiger partial charge in [0, 0.05) is 18.3 Å². The summed E-state index contributed by atoms with van der Waals surface area (Å²) < 4.78 is 0. The van der Waals surface area contributed by atoms with Gasteiger partial charge in [0.15, 0.2) is 0 Å². The van der Waals surface area contributed by atoms with E-state index in [1.165, 1.54) is 0 Å². The van der Waals surface area contributed by atoms with Gasteiger partial charge in [-0.3, -0.25) is 9.59 Å². The SMILES string of the molecule is CNC(=O)c1cccc(NC(=O)C2(C)CCCN2)c1C. The average molecular weight is 275 g/mol. The van der Waals surface area contributed by atoms with E-state index < -0.39 is 5.54 Å². The Bertz CT molecular complexity index is 534. The number of anilines is 1. The minimum absolute atomic E-state index is 0.0489. The molecular formula is C15H21N3O2. The largest absolute Gasteiger partial charge is 0.355 e. The van der Waals surface area contributed by atoms with Crippen LogP contribution in [-0.4, -0.2) is 30.9 Å². The van der Waals surface area contributed by atoms with Crippen LogP contribution >= 0.6 is 0 Å². The van der Waals surface area contributed by atoms with Crippen molar-refractivity contribution >= 4 is 17.5 Å². The zero-order valence-corrected chi connectivity index (χ0v) is 12.2. The van der Waals surface area contributed by atoms with Gasteiger partial charge in [-0.05, 0) is 50.9 Å². The lowest BCUT2D eigenvalue weighted by molar-refractivity contribution is -0.121. The first-order chi connectivity index (χ1) is 9.48. The van der Waals surface area contributed by atoms with E-state index in [0.29, 0.717) is 11.3 Å². The highest BCUT2D eigenvalue weighted by Crippen LogP contribution is 2.24. The second-order valence-electron chi connectivity index (χ2n) is 5.37. The van der Waals surface area contributed by atoms with Crippen molar-refractivity contribution < 1.29 is 9.59 Å². The van der Waals surface area contributed by atoms with Gasteiger partial charge in [-0.25, -0.2) is 0 Å². The number of nitrogens with one attached hydrogen (secondary N) is 3. The summed E-state index contributed by atoms with van der Waals surface area (Å²) >= 11 is 0. The molecule has 108 valence electrons. The predicted molar refractivity (Wildman–Crippen MR) is 78.8 cm³/mol. The van der Waals surface area contributed by atoms with Crippen LogP contribution in [0.2, 0.25) is 0 Å². The summed E-state index contributed by atoms with van der Waals surface area (Å²) in [5.74, 6) is -0.198. The maximum absolute atomic E-state index is 12.4. The number of hydrogen-bond donors (Lipinski definition) is 3. The zero-order chi connectivity index (χ0) is 14.8. The fourth-order valence-corrected chi connectivity index (χ4v) is 2.50. The van der Waals surface area contributed by atoms with Crippen molar-refractivity contribution in [3.8, 4) is 0 Å². The standard InChI is InChI=1S/C15H21N3O2/c1-10-11(13(19)16-3)6-4-7-12(10)18-14(20)15(2)8-5-9-17-15/h4,6-7,17H,5,8-9H2,1-3H3,(H,16,19)(H,18,20). The van der Waals surface area contributed by atoms with Crippen LogP contribution in [0.4, 0.5) is 5.69 Å². The molecule has 1 unspecified atom stereocenters. The quantitative estimate of drug-likeness (QED) is 0.781. The van der Waals surface area contributed by atoms with Gasteiger partial charge in [0.25, 0.3) is 5.91 Å². The van der Waals surface area contributed by atoms with Crippen molar-refractivity contribution in [1.29, 1.82) is 0 Å². The molecule has 5 nitrogen and oxygen atoms in total. The first kappa shape index (κ1) is 14.5. The lowest BCUT2D eigenvalue weighted by Crippen LogP contribution is -2.48. The van der Waals surface area contributed by atoms with Crippen molar-refractivity contribution in [2.45, 2.75) is 32.2 Å². The molecule has 1 aliphatic heterocycles.